The standard InChI is InChI=1S/C6H10O2.CH4O4S/c1-3-4-5(2)6(7)8;1-5-6(2,3)4/h4H,3H2,1-2H3,(H,7,8);1H3,(H,2,3,4)/b5-4+;. The molecule has 14 heavy (non-hydrogen) atoms. The van der Waals surface area contributed by atoms with Crippen LogP contribution in [0.2, 0.25) is 0 Å². The van der Waals surface area contributed by atoms with E-state index in [4.69, 9.17) is 9.66 Å². The van der Waals surface area contributed by atoms with Crippen molar-refractivity contribution in [1.82, 2.24) is 0 Å². The summed E-state index contributed by atoms with van der Waals surface area (Å²) >= 11 is 0. The fraction of sp³-hybridized carbons (Fsp3) is 0.571. The van der Waals surface area contributed by atoms with Crippen molar-refractivity contribution in [3.63, 3.8) is 0 Å². The maximum absolute atomic E-state index is 10.0. The molecule has 0 saturated heterocycles. The van der Waals surface area contributed by atoms with Crippen molar-refractivity contribution in [2.75, 3.05) is 7.11 Å². The second-order valence-electron chi connectivity index (χ2n) is 2.19. The predicted molar refractivity (Wildman–Crippen MR) is 50.2 cm³/mol. The minimum absolute atomic E-state index is 0.424. The van der Waals surface area contributed by atoms with Crippen molar-refractivity contribution in [2.45, 2.75) is 20.3 Å². The van der Waals surface area contributed by atoms with Gasteiger partial charge in [0.25, 0.3) is 0 Å². The summed E-state index contributed by atoms with van der Waals surface area (Å²) < 4.78 is 29.7. The smallest absolute Gasteiger partial charge is 0.397 e. The van der Waals surface area contributed by atoms with Crippen molar-refractivity contribution in [2.24, 2.45) is 0 Å². The number of carboxylic acids is 1. The van der Waals surface area contributed by atoms with E-state index in [0.29, 0.717) is 5.57 Å². The van der Waals surface area contributed by atoms with Gasteiger partial charge in [-0.15, -0.1) is 0 Å². The number of carboxylic acid groups (broad SMARTS) is 1. The molecule has 0 aliphatic heterocycles. The summed E-state index contributed by atoms with van der Waals surface area (Å²) in [5, 5.41) is 8.24. The van der Waals surface area contributed by atoms with Crippen LogP contribution in [0.1, 0.15) is 20.3 Å². The fourth-order valence-corrected chi connectivity index (χ4v) is 0.393. The molecule has 0 bridgehead atoms. The first-order chi connectivity index (χ1) is 6.24. The van der Waals surface area contributed by atoms with Gasteiger partial charge in [0.2, 0.25) is 0 Å². The molecule has 0 unspecified atom stereocenters. The number of allylic oxidation sites excluding steroid dienone is 1. The van der Waals surface area contributed by atoms with Crippen LogP contribution in [0.4, 0.5) is 0 Å². The van der Waals surface area contributed by atoms with E-state index >= 15 is 0 Å². The first-order valence-corrected chi connectivity index (χ1v) is 5.04. The average molecular weight is 226 g/mol. The van der Waals surface area contributed by atoms with Crippen LogP contribution in [0.15, 0.2) is 11.6 Å². The van der Waals surface area contributed by atoms with E-state index in [9.17, 15) is 13.2 Å². The van der Waals surface area contributed by atoms with Crippen LogP contribution in [0.25, 0.3) is 0 Å². The van der Waals surface area contributed by atoms with E-state index in [1.807, 2.05) is 6.92 Å². The molecule has 0 aliphatic rings. The lowest BCUT2D eigenvalue weighted by Crippen LogP contribution is -1.96. The summed E-state index contributed by atoms with van der Waals surface area (Å²) in [4.78, 5) is 10.0. The van der Waals surface area contributed by atoms with Gasteiger partial charge in [-0.1, -0.05) is 13.0 Å². The van der Waals surface area contributed by atoms with Gasteiger partial charge in [-0.05, 0) is 13.3 Å². The Bertz CT molecular complexity index is 289. The highest BCUT2D eigenvalue weighted by Gasteiger charge is 1.95. The topological polar surface area (TPSA) is 101 Å². The van der Waals surface area contributed by atoms with Crippen molar-refractivity contribution in [1.29, 1.82) is 0 Å². The Morgan fingerprint density at radius 2 is 1.86 bits per heavy atom. The molecule has 6 nitrogen and oxygen atoms in total. The van der Waals surface area contributed by atoms with Gasteiger partial charge in [-0.25, -0.2) is 4.79 Å². The van der Waals surface area contributed by atoms with E-state index in [-0.39, 0.29) is 0 Å². The highest BCUT2D eigenvalue weighted by molar-refractivity contribution is 7.80. The van der Waals surface area contributed by atoms with Gasteiger partial charge >= 0.3 is 16.4 Å². The molecule has 7 heteroatoms. The van der Waals surface area contributed by atoms with Crippen molar-refractivity contribution < 1.29 is 27.1 Å². The molecule has 0 aromatic heterocycles. The predicted octanol–water partition coefficient (Wildman–Crippen LogP) is 0.863. The van der Waals surface area contributed by atoms with Crippen molar-refractivity contribution >= 4 is 16.4 Å². The van der Waals surface area contributed by atoms with Gasteiger partial charge in [-0.2, -0.15) is 8.42 Å². The zero-order valence-electron chi connectivity index (χ0n) is 8.22. The lowest BCUT2D eigenvalue weighted by Gasteiger charge is -1.87. The summed E-state index contributed by atoms with van der Waals surface area (Å²) in [5.41, 5.74) is 0.424. The minimum Gasteiger partial charge on any atom is -0.478 e. The molecule has 0 saturated carbocycles. The monoisotopic (exact) mass is 226 g/mol. The first kappa shape index (κ1) is 15.5. The molecule has 0 aromatic carbocycles. The molecule has 0 aliphatic carbocycles. The molecule has 0 radical (unpaired) electrons. The Hall–Kier alpha value is -0.920. The Morgan fingerprint density at radius 3 is 1.93 bits per heavy atom. The number of carbonyl (C=O) groups is 1. The minimum atomic E-state index is -4.16. The van der Waals surface area contributed by atoms with Gasteiger partial charge in [0.1, 0.15) is 0 Å². The summed E-state index contributed by atoms with van der Waals surface area (Å²) in [5.74, 6) is -0.827. The third kappa shape index (κ3) is 13.7. The zero-order chi connectivity index (χ0) is 11.8. The zero-order valence-corrected chi connectivity index (χ0v) is 9.04. The van der Waals surface area contributed by atoms with E-state index in [0.717, 1.165) is 13.5 Å². The number of rotatable bonds is 3. The molecule has 0 spiro atoms. The second-order valence-corrected chi connectivity index (χ2v) is 3.38. The average Bonchev–Trinajstić information content (AvgIpc) is 2.04. The van der Waals surface area contributed by atoms with Gasteiger partial charge in [0.15, 0.2) is 0 Å². The molecule has 84 valence electrons. The van der Waals surface area contributed by atoms with E-state index in [1.165, 1.54) is 0 Å². The maximum Gasteiger partial charge on any atom is 0.397 e. The van der Waals surface area contributed by atoms with Crippen LogP contribution in [0.3, 0.4) is 0 Å². The largest absolute Gasteiger partial charge is 0.478 e. The maximum atomic E-state index is 10.0. The number of hydrogen-bond donors (Lipinski definition) is 2. The third-order valence-electron chi connectivity index (χ3n) is 1.06. The first-order valence-electron chi connectivity index (χ1n) is 3.67. The van der Waals surface area contributed by atoms with E-state index < -0.39 is 16.4 Å². The highest BCUT2D eigenvalue weighted by atomic mass is 32.3. The van der Waals surface area contributed by atoms with Crippen LogP contribution >= 0.6 is 0 Å². The molecular formula is C7H14O6S. The molecule has 0 amide bonds. The van der Waals surface area contributed by atoms with Crippen LogP contribution in [0, 0.1) is 0 Å². The van der Waals surface area contributed by atoms with Crippen molar-refractivity contribution in [3.05, 3.63) is 11.6 Å². The molecule has 0 atom stereocenters. The Morgan fingerprint density at radius 1 is 1.50 bits per heavy atom. The quantitative estimate of drug-likeness (QED) is 0.546. The summed E-state index contributed by atoms with van der Waals surface area (Å²) in [6.45, 7) is 3.50. The molecule has 0 aromatic rings. The summed E-state index contributed by atoms with van der Waals surface area (Å²) in [7, 11) is -3.29. The van der Waals surface area contributed by atoms with Crippen LogP contribution < -0.4 is 0 Å². The van der Waals surface area contributed by atoms with E-state index in [2.05, 4.69) is 4.18 Å². The SMILES string of the molecule is CC/C=C(\C)C(=O)O.COS(=O)(=O)O. The highest BCUT2D eigenvalue weighted by Crippen LogP contribution is 1.92. The summed E-state index contributed by atoms with van der Waals surface area (Å²) in [6, 6.07) is 0. The molecule has 2 N–H and O–H groups in total. The van der Waals surface area contributed by atoms with Crippen molar-refractivity contribution in [3.8, 4) is 0 Å². The fourth-order valence-electron chi connectivity index (χ4n) is 0.393. The van der Waals surface area contributed by atoms with Crippen LogP contribution in [0.5, 0.6) is 0 Å². The second kappa shape index (κ2) is 7.48. The van der Waals surface area contributed by atoms with Gasteiger partial charge in [-0.3, -0.25) is 8.74 Å². The number of aliphatic carboxylic acids is 1. The van der Waals surface area contributed by atoms with Gasteiger partial charge in [0.05, 0.1) is 7.11 Å². The Balaban J connectivity index is 0. The molecule has 0 rings (SSSR count). The van der Waals surface area contributed by atoms with Crippen LogP contribution in [-0.4, -0.2) is 31.2 Å². The number of hydrogen-bond acceptors (Lipinski definition) is 4. The Kier molecular flexibility index (Phi) is 8.31. The Labute approximate surface area is 83.2 Å². The third-order valence-corrected chi connectivity index (χ3v) is 1.48. The molecule has 0 heterocycles. The van der Waals surface area contributed by atoms with Crippen LogP contribution in [-0.2, 0) is 19.4 Å². The summed E-state index contributed by atoms with van der Waals surface area (Å²) in [6.07, 6.45) is 2.47. The normalized spacial score (nSPS) is 11.6. The lowest BCUT2D eigenvalue weighted by molar-refractivity contribution is -0.132. The molecule has 0 fully saturated rings. The molecular weight excluding hydrogens is 212 g/mol. The van der Waals surface area contributed by atoms with E-state index in [1.54, 1.807) is 13.0 Å². The lowest BCUT2D eigenvalue weighted by atomic mass is 10.2. The van der Waals surface area contributed by atoms with Gasteiger partial charge in [0, 0.05) is 5.57 Å². The van der Waals surface area contributed by atoms with Gasteiger partial charge < -0.3 is 5.11 Å².